The van der Waals surface area contributed by atoms with E-state index in [4.69, 9.17) is 0 Å². The van der Waals surface area contributed by atoms with Crippen LogP contribution in [-0.4, -0.2) is 22.2 Å². The lowest BCUT2D eigenvalue weighted by molar-refractivity contribution is -0.122. The first kappa shape index (κ1) is 19.1. The molecule has 1 saturated heterocycles. The second-order valence-corrected chi connectivity index (χ2v) is 7.95. The number of rotatable bonds is 4. The summed E-state index contributed by atoms with van der Waals surface area (Å²) in [6, 6.07) is 18.2. The number of nitrogens with zero attached hydrogens (tertiary/aromatic N) is 1. The minimum absolute atomic E-state index is 0.0185. The van der Waals surface area contributed by atoms with Gasteiger partial charge in [-0.05, 0) is 47.5 Å². The zero-order valence-corrected chi connectivity index (χ0v) is 16.4. The predicted octanol–water partition coefficient (Wildman–Crippen LogP) is 4.54. The highest BCUT2D eigenvalue weighted by Crippen LogP contribution is 2.27. The molecule has 5 nitrogen and oxygen atoms in total. The number of hydrogen-bond donors (Lipinski definition) is 2. The average Bonchev–Trinajstić information content (AvgIpc) is 3.03. The second kappa shape index (κ2) is 8.05. The van der Waals surface area contributed by atoms with Crippen molar-refractivity contribution in [1.82, 2.24) is 5.32 Å². The van der Waals surface area contributed by atoms with Crippen molar-refractivity contribution in [1.29, 1.82) is 0 Å². The molecule has 29 heavy (non-hydrogen) atoms. The fraction of sp³-hybridized carbons (Fsp3) is 0.136. The lowest BCUT2D eigenvalue weighted by Crippen LogP contribution is -2.28. The molecule has 4 rings (SSSR count). The zero-order valence-electron chi connectivity index (χ0n) is 15.6. The average molecular weight is 407 g/mol. The summed E-state index contributed by atoms with van der Waals surface area (Å²) in [5.41, 5.74) is 1.62. The molecule has 1 atom stereocenters. The summed E-state index contributed by atoms with van der Waals surface area (Å²) < 4.78 is 13.7. The molecule has 0 spiro atoms. The summed E-state index contributed by atoms with van der Waals surface area (Å²) in [4.78, 5) is 28.9. The fourth-order valence-electron chi connectivity index (χ4n) is 3.01. The van der Waals surface area contributed by atoms with E-state index in [9.17, 15) is 14.0 Å². The number of carbonyl (C=O) groups is 2. The SMILES string of the molecule is Cc1ccc(N=C2NC(=O)[C@@H](CC(=O)Nc3ccc4ccccc4c3)S2)cc1F. The Kier molecular flexibility index (Phi) is 5.31. The Morgan fingerprint density at radius 1 is 1.14 bits per heavy atom. The normalized spacial score (nSPS) is 17.5. The van der Waals surface area contributed by atoms with E-state index < -0.39 is 5.25 Å². The Morgan fingerprint density at radius 2 is 1.93 bits per heavy atom. The van der Waals surface area contributed by atoms with Gasteiger partial charge in [-0.25, -0.2) is 9.38 Å². The van der Waals surface area contributed by atoms with Crippen LogP contribution in [0.15, 0.2) is 65.7 Å². The molecule has 1 aliphatic heterocycles. The first-order valence-electron chi connectivity index (χ1n) is 9.09. The number of nitrogens with one attached hydrogen (secondary N) is 2. The Hall–Kier alpha value is -3.19. The standard InChI is InChI=1S/C22H18FN3O2S/c1-13-6-8-17(11-18(13)23)25-22-26-21(28)19(29-22)12-20(27)24-16-9-7-14-4-2-3-5-15(14)10-16/h2-11,19H,12H2,1H3,(H,24,27)(H,25,26,28)/t19-/m1/s1. The second-order valence-electron chi connectivity index (χ2n) is 6.76. The van der Waals surface area contributed by atoms with Crippen LogP contribution >= 0.6 is 11.8 Å². The Bertz CT molecular complexity index is 1150. The van der Waals surface area contributed by atoms with E-state index >= 15 is 0 Å². The van der Waals surface area contributed by atoms with E-state index in [0.29, 0.717) is 22.1 Å². The predicted molar refractivity (Wildman–Crippen MR) is 115 cm³/mol. The Labute approximate surface area is 171 Å². The number of amidine groups is 1. The molecule has 1 aliphatic rings. The van der Waals surface area contributed by atoms with Gasteiger partial charge in [-0.3, -0.25) is 9.59 Å². The van der Waals surface area contributed by atoms with Crippen LogP contribution in [0.3, 0.4) is 0 Å². The topological polar surface area (TPSA) is 70.6 Å². The number of aliphatic imine (C=N–C) groups is 1. The summed E-state index contributed by atoms with van der Waals surface area (Å²) in [7, 11) is 0. The molecule has 0 saturated carbocycles. The van der Waals surface area contributed by atoms with Crippen LogP contribution in [0.1, 0.15) is 12.0 Å². The summed E-state index contributed by atoms with van der Waals surface area (Å²) in [6.45, 7) is 1.67. The molecule has 3 aromatic carbocycles. The molecule has 0 unspecified atom stereocenters. The summed E-state index contributed by atoms with van der Waals surface area (Å²) in [5, 5.41) is 7.39. The number of hydrogen-bond acceptors (Lipinski definition) is 4. The zero-order chi connectivity index (χ0) is 20.4. The van der Waals surface area contributed by atoms with Crippen LogP contribution in [0.25, 0.3) is 10.8 Å². The van der Waals surface area contributed by atoms with Gasteiger partial charge < -0.3 is 10.6 Å². The van der Waals surface area contributed by atoms with Gasteiger partial charge in [0.1, 0.15) is 11.1 Å². The maximum absolute atomic E-state index is 13.7. The summed E-state index contributed by atoms with van der Waals surface area (Å²) >= 11 is 1.17. The highest BCUT2D eigenvalue weighted by molar-refractivity contribution is 8.15. The van der Waals surface area contributed by atoms with E-state index in [-0.39, 0.29) is 24.1 Å². The lowest BCUT2D eigenvalue weighted by atomic mass is 10.1. The van der Waals surface area contributed by atoms with Crippen LogP contribution < -0.4 is 10.6 Å². The van der Waals surface area contributed by atoms with Crippen LogP contribution in [0.5, 0.6) is 0 Å². The van der Waals surface area contributed by atoms with Crippen molar-refractivity contribution < 1.29 is 14.0 Å². The molecule has 1 fully saturated rings. The number of fused-ring (bicyclic) bond motifs is 1. The first-order chi connectivity index (χ1) is 14.0. The molecular weight excluding hydrogens is 389 g/mol. The molecule has 0 bridgehead atoms. The highest BCUT2D eigenvalue weighted by Gasteiger charge is 2.32. The quantitative estimate of drug-likeness (QED) is 0.667. The van der Waals surface area contributed by atoms with Crippen molar-refractivity contribution in [2.75, 3.05) is 5.32 Å². The van der Waals surface area contributed by atoms with E-state index in [1.54, 1.807) is 19.1 Å². The fourth-order valence-corrected chi connectivity index (χ4v) is 4.00. The van der Waals surface area contributed by atoms with E-state index in [2.05, 4.69) is 15.6 Å². The first-order valence-corrected chi connectivity index (χ1v) is 9.97. The van der Waals surface area contributed by atoms with Gasteiger partial charge in [-0.15, -0.1) is 0 Å². The maximum atomic E-state index is 13.7. The maximum Gasteiger partial charge on any atom is 0.240 e. The van der Waals surface area contributed by atoms with Gasteiger partial charge in [0.2, 0.25) is 11.8 Å². The van der Waals surface area contributed by atoms with E-state index in [1.807, 2.05) is 42.5 Å². The smallest absolute Gasteiger partial charge is 0.240 e. The summed E-state index contributed by atoms with van der Waals surface area (Å²) in [5.74, 6) is -0.891. The van der Waals surface area contributed by atoms with Gasteiger partial charge in [0.15, 0.2) is 5.17 Å². The molecule has 1 heterocycles. The number of benzene rings is 3. The van der Waals surface area contributed by atoms with Gasteiger partial charge >= 0.3 is 0 Å². The van der Waals surface area contributed by atoms with Crippen molar-refractivity contribution in [3.05, 3.63) is 72.0 Å². The molecule has 0 aromatic heterocycles. The third kappa shape index (κ3) is 4.46. The molecule has 7 heteroatoms. The van der Waals surface area contributed by atoms with Crippen molar-refractivity contribution in [3.8, 4) is 0 Å². The van der Waals surface area contributed by atoms with Crippen molar-refractivity contribution in [2.45, 2.75) is 18.6 Å². The number of amides is 2. The molecule has 0 radical (unpaired) electrons. The van der Waals surface area contributed by atoms with Gasteiger partial charge in [-0.2, -0.15) is 0 Å². The minimum atomic E-state index is -0.579. The van der Waals surface area contributed by atoms with Crippen LogP contribution in [-0.2, 0) is 9.59 Å². The van der Waals surface area contributed by atoms with E-state index in [1.165, 1.54) is 17.8 Å². The van der Waals surface area contributed by atoms with Gasteiger partial charge in [0.25, 0.3) is 0 Å². The number of carbonyl (C=O) groups excluding carboxylic acids is 2. The van der Waals surface area contributed by atoms with Crippen molar-refractivity contribution >= 4 is 50.9 Å². The highest BCUT2D eigenvalue weighted by atomic mass is 32.2. The Morgan fingerprint density at radius 3 is 2.72 bits per heavy atom. The van der Waals surface area contributed by atoms with Crippen LogP contribution in [0, 0.1) is 12.7 Å². The molecule has 146 valence electrons. The van der Waals surface area contributed by atoms with Gasteiger partial charge in [-0.1, -0.05) is 48.2 Å². The largest absolute Gasteiger partial charge is 0.326 e. The number of aryl methyl sites for hydroxylation is 1. The number of halogens is 1. The third-order valence-electron chi connectivity index (χ3n) is 4.57. The monoisotopic (exact) mass is 407 g/mol. The van der Waals surface area contributed by atoms with E-state index in [0.717, 1.165) is 10.8 Å². The molecule has 3 aromatic rings. The molecule has 2 amide bonds. The molecule has 0 aliphatic carbocycles. The number of anilines is 1. The van der Waals surface area contributed by atoms with Crippen LogP contribution in [0.4, 0.5) is 15.8 Å². The lowest BCUT2D eigenvalue weighted by Gasteiger charge is -2.08. The Balaban J connectivity index is 1.40. The van der Waals surface area contributed by atoms with Crippen LogP contribution in [0.2, 0.25) is 0 Å². The molecular formula is C22H18FN3O2S. The van der Waals surface area contributed by atoms with Crippen molar-refractivity contribution in [2.24, 2.45) is 4.99 Å². The number of thioether (sulfide) groups is 1. The minimum Gasteiger partial charge on any atom is -0.326 e. The third-order valence-corrected chi connectivity index (χ3v) is 5.65. The van der Waals surface area contributed by atoms with Crippen molar-refractivity contribution in [3.63, 3.8) is 0 Å². The summed E-state index contributed by atoms with van der Waals surface area (Å²) in [6.07, 6.45) is 0.0185. The van der Waals surface area contributed by atoms with Gasteiger partial charge in [0, 0.05) is 12.1 Å². The molecule has 2 N–H and O–H groups in total. The van der Waals surface area contributed by atoms with Gasteiger partial charge in [0.05, 0.1) is 5.69 Å².